The summed E-state index contributed by atoms with van der Waals surface area (Å²) in [5.74, 6) is -2.21. The molecule has 1 unspecified atom stereocenters. The number of aromatic nitrogens is 3. The second kappa shape index (κ2) is 8.26. The number of nitrogens with one attached hydrogen (secondary N) is 1. The Morgan fingerprint density at radius 2 is 1.65 bits per heavy atom. The molecule has 0 aliphatic carbocycles. The normalized spacial score (nSPS) is 12.6. The van der Waals surface area contributed by atoms with E-state index < -0.39 is 29.1 Å². The van der Waals surface area contributed by atoms with Crippen LogP contribution in [0.25, 0.3) is 11.0 Å². The molecule has 5 nitrogen and oxygen atoms in total. The Kier molecular flexibility index (Phi) is 5.50. The van der Waals surface area contributed by atoms with Crippen LogP contribution in [0.15, 0.2) is 72.8 Å². The summed E-state index contributed by atoms with van der Waals surface area (Å²) in [7, 11) is 0. The van der Waals surface area contributed by atoms with Gasteiger partial charge in [0, 0.05) is 17.0 Å². The van der Waals surface area contributed by atoms with Crippen LogP contribution in [0.4, 0.5) is 8.78 Å². The van der Waals surface area contributed by atoms with Gasteiger partial charge in [-0.1, -0.05) is 61.5 Å². The molecule has 3 aromatic carbocycles. The Morgan fingerprint density at radius 1 is 1.00 bits per heavy atom. The largest absolute Gasteiger partial charge is 0.330 e. The van der Waals surface area contributed by atoms with Crippen molar-refractivity contribution in [3.05, 3.63) is 95.6 Å². The van der Waals surface area contributed by atoms with E-state index in [1.807, 2.05) is 68.4 Å². The minimum absolute atomic E-state index is 0.0950. The second-order valence-electron chi connectivity index (χ2n) is 8.21. The van der Waals surface area contributed by atoms with Crippen molar-refractivity contribution in [2.24, 2.45) is 5.41 Å². The molecular formula is C24H22F2N4O. The molecule has 0 saturated carbocycles. The molecule has 1 amide bonds. The van der Waals surface area contributed by atoms with Gasteiger partial charge < -0.3 is 5.32 Å². The molecule has 4 aromatic rings. The Hall–Kier alpha value is -3.61. The fourth-order valence-corrected chi connectivity index (χ4v) is 3.78. The number of hydrogen-bond acceptors (Lipinski definition) is 3. The highest BCUT2D eigenvalue weighted by molar-refractivity contribution is 5.94. The summed E-state index contributed by atoms with van der Waals surface area (Å²) in [5.41, 5.74) is 1.92. The molecule has 1 aromatic heterocycles. The molecule has 7 heteroatoms. The molecule has 4 rings (SSSR count). The standard InChI is InChI=1S/C24H22F2N4O/c1-24(2,15-16-8-4-3-5-9-16)23(30-21-11-7-6-10-20(21)28-29-30)27-22(31)17-12-18(25)14-19(26)13-17/h3-14,23H,15H2,1-2H3,(H,27,31). The SMILES string of the molecule is CC(C)(Cc1ccccc1)C(NC(=O)c1cc(F)cc(F)c1)n1nnc2ccccc21. The molecule has 1 heterocycles. The Bertz CT molecular complexity index is 1200. The maximum atomic E-state index is 13.7. The maximum absolute atomic E-state index is 13.7. The summed E-state index contributed by atoms with van der Waals surface area (Å²) in [5, 5.41) is 11.4. The van der Waals surface area contributed by atoms with E-state index in [2.05, 4.69) is 15.6 Å². The zero-order valence-electron chi connectivity index (χ0n) is 17.2. The summed E-state index contributed by atoms with van der Waals surface area (Å²) in [6.45, 7) is 4.01. The molecule has 0 bridgehead atoms. The maximum Gasteiger partial charge on any atom is 0.253 e. The smallest absolute Gasteiger partial charge is 0.253 e. The van der Waals surface area contributed by atoms with Crippen LogP contribution in [0.3, 0.4) is 0 Å². The number of carbonyl (C=O) groups is 1. The van der Waals surface area contributed by atoms with Crippen molar-refractivity contribution >= 4 is 16.9 Å². The first-order chi connectivity index (χ1) is 14.8. The van der Waals surface area contributed by atoms with Gasteiger partial charge in [-0.15, -0.1) is 5.10 Å². The first-order valence-electron chi connectivity index (χ1n) is 9.94. The lowest BCUT2D eigenvalue weighted by Crippen LogP contribution is -2.43. The summed E-state index contributed by atoms with van der Waals surface area (Å²) in [6, 6.07) is 20.1. The molecule has 0 saturated heterocycles. The molecule has 0 fully saturated rings. The molecule has 0 aliphatic rings. The van der Waals surface area contributed by atoms with E-state index in [0.717, 1.165) is 29.3 Å². The summed E-state index contributed by atoms with van der Waals surface area (Å²) in [4.78, 5) is 13.0. The van der Waals surface area contributed by atoms with Gasteiger partial charge in [-0.2, -0.15) is 0 Å². The number of fused-ring (bicyclic) bond motifs is 1. The van der Waals surface area contributed by atoms with E-state index in [9.17, 15) is 13.6 Å². The Labute approximate surface area is 178 Å². The van der Waals surface area contributed by atoms with E-state index in [4.69, 9.17) is 0 Å². The third kappa shape index (κ3) is 4.45. The first-order valence-corrected chi connectivity index (χ1v) is 9.94. The van der Waals surface area contributed by atoms with Crippen LogP contribution < -0.4 is 5.32 Å². The summed E-state index contributed by atoms with van der Waals surface area (Å²) >= 11 is 0. The van der Waals surface area contributed by atoms with E-state index >= 15 is 0 Å². The molecule has 0 radical (unpaired) electrons. The predicted molar refractivity (Wildman–Crippen MR) is 114 cm³/mol. The zero-order valence-corrected chi connectivity index (χ0v) is 17.2. The third-order valence-electron chi connectivity index (χ3n) is 5.26. The third-order valence-corrected chi connectivity index (χ3v) is 5.26. The van der Waals surface area contributed by atoms with E-state index in [1.54, 1.807) is 4.68 Å². The van der Waals surface area contributed by atoms with Crippen molar-refractivity contribution in [3.63, 3.8) is 0 Å². The number of halogens is 2. The van der Waals surface area contributed by atoms with E-state index in [-0.39, 0.29) is 5.56 Å². The number of carbonyl (C=O) groups excluding carboxylic acids is 1. The molecule has 31 heavy (non-hydrogen) atoms. The number of amides is 1. The van der Waals surface area contributed by atoms with Gasteiger partial charge in [-0.3, -0.25) is 4.79 Å². The molecule has 0 spiro atoms. The van der Waals surface area contributed by atoms with Gasteiger partial charge in [-0.05, 0) is 36.2 Å². The van der Waals surface area contributed by atoms with Crippen molar-refractivity contribution < 1.29 is 13.6 Å². The number of para-hydroxylation sites is 1. The van der Waals surface area contributed by atoms with Crippen LogP contribution in [-0.4, -0.2) is 20.9 Å². The Morgan fingerprint density at radius 3 is 2.35 bits per heavy atom. The number of rotatable bonds is 6. The number of benzene rings is 3. The summed E-state index contributed by atoms with van der Waals surface area (Å²) in [6.07, 6.45) is 0.00346. The zero-order chi connectivity index (χ0) is 22.0. The van der Waals surface area contributed by atoms with Gasteiger partial charge in [0.2, 0.25) is 0 Å². The van der Waals surface area contributed by atoms with Crippen molar-refractivity contribution in [2.75, 3.05) is 0 Å². The van der Waals surface area contributed by atoms with Gasteiger partial charge in [0.05, 0.1) is 5.52 Å². The van der Waals surface area contributed by atoms with Crippen LogP contribution in [0.2, 0.25) is 0 Å². The fraction of sp³-hybridized carbons (Fsp3) is 0.208. The summed E-state index contributed by atoms with van der Waals surface area (Å²) < 4.78 is 29.0. The average molecular weight is 420 g/mol. The van der Waals surface area contributed by atoms with Crippen molar-refractivity contribution in [1.29, 1.82) is 0 Å². The van der Waals surface area contributed by atoms with Gasteiger partial charge in [-0.25, -0.2) is 13.5 Å². The highest BCUT2D eigenvalue weighted by atomic mass is 19.1. The van der Waals surface area contributed by atoms with Gasteiger partial charge in [0.25, 0.3) is 5.91 Å². The van der Waals surface area contributed by atoms with Gasteiger partial charge in [0.15, 0.2) is 0 Å². The van der Waals surface area contributed by atoms with Crippen molar-refractivity contribution in [1.82, 2.24) is 20.3 Å². The molecule has 1 N–H and O–H groups in total. The Balaban J connectivity index is 1.74. The monoisotopic (exact) mass is 420 g/mol. The highest BCUT2D eigenvalue weighted by Gasteiger charge is 2.35. The fourth-order valence-electron chi connectivity index (χ4n) is 3.78. The predicted octanol–water partition coefficient (Wildman–Crippen LogP) is 4.91. The van der Waals surface area contributed by atoms with Crippen LogP contribution in [0, 0.1) is 17.0 Å². The second-order valence-corrected chi connectivity index (χ2v) is 8.21. The molecule has 0 aliphatic heterocycles. The molecule has 158 valence electrons. The minimum atomic E-state index is -0.809. The lowest BCUT2D eigenvalue weighted by atomic mass is 9.82. The van der Waals surface area contributed by atoms with Crippen LogP contribution in [0.1, 0.15) is 35.9 Å². The lowest BCUT2D eigenvalue weighted by Gasteiger charge is -2.35. The van der Waals surface area contributed by atoms with Gasteiger partial charge in [0.1, 0.15) is 23.3 Å². The first kappa shape index (κ1) is 20.7. The van der Waals surface area contributed by atoms with Crippen LogP contribution >= 0.6 is 0 Å². The minimum Gasteiger partial charge on any atom is -0.330 e. The van der Waals surface area contributed by atoms with Crippen LogP contribution in [-0.2, 0) is 6.42 Å². The molecular weight excluding hydrogens is 398 g/mol. The van der Waals surface area contributed by atoms with E-state index in [0.29, 0.717) is 11.9 Å². The topological polar surface area (TPSA) is 59.8 Å². The van der Waals surface area contributed by atoms with Crippen molar-refractivity contribution in [2.45, 2.75) is 26.4 Å². The highest BCUT2D eigenvalue weighted by Crippen LogP contribution is 2.34. The van der Waals surface area contributed by atoms with E-state index in [1.165, 1.54) is 0 Å². The van der Waals surface area contributed by atoms with Crippen LogP contribution in [0.5, 0.6) is 0 Å². The average Bonchev–Trinajstić information content (AvgIpc) is 3.15. The number of nitrogens with zero attached hydrogens (tertiary/aromatic N) is 3. The molecule has 1 atom stereocenters. The van der Waals surface area contributed by atoms with Gasteiger partial charge >= 0.3 is 0 Å². The number of hydrogen-bond donors (Lipinski definition) is 1. The lowest BCUT2D eigenvalue weighted by molar-refractivity contribution is 0.0822. The van der Waals surface area contributed by atoms with Crippen molar-refractivity contribution in [3.8, 4) is 0 Å². The quantitative estimate of drug-likeness (QED) is 0.482.